The Morgan fingerprint density at radius 2 is 2.18 bits per heavy atom. The molecule has 0 unspecified atom stereocenters. The number of aromatic nitrogens is 2. The molecule has 2 rings (SSSR count). The highest BCUT2D eigenvalue weighted by Crippen LogP contribution is 2.25. The third-order valence-corrected chi connectivity index (χ3v) is 4.27. The molecule has 1 aromatic heterocycles. The summed E-state index contributed by atoms with van der Waals surface area (Å²) >= 11 is 6.80. The lowest BCUT2D eigenvalue weighted by molar-refractivity contribution is 0.0941. The van der Waals surface area contributed by atoms with Crippen LogP contribution in [0.1, 0.15) is 35.9 Å². The number of hydrogen-bond donors (Lipinski definition) is 2. The average Bonchev–Trinajstić information content (AvgIpc) is 2.85. The molecule has 0 aliphatic carbocycles. The van der Waals surface area contributed by atoms with Crippen LogP contribution in [0.3, 0.4) is 0 Å². The molecular weight excluding hydrogens is 414 g/mol. The van der Waals surface area contributed by atoms with Crippen LogP contribution in [0.25, 0.3) is 0 Å². The second-order valence-electron chi connectivity index (χ2n) is 5.02. The highest BCUT2D eigenvalue weighted by Gasteiger charge is 2.18. The molecule has 1 aromatic carbocycles. The van der Waals surface area contributed by atoms with Gasteiger partial charge in [-0.15, -0.1) is 0 Å². The Hall–Kier alpha value is -1.34. The maximum Gasteiger partial charge on any atom is 0.273 e. The predicted octanol–water partition coefficient (Wildman–Crippen LogP) is 3.87. The molecule has 0 saturated heterocycles. The Balaban J connectivity index is 1.83. The summed E-state index contributed by atoms with van der Waals surface area (Å²) in [6.45, 7) is 4.86. The van der Waals surface area contributed by atoms with Gasteiger partial charge in [0.2, 0.25) is 0 Å². The number of carbonyl (C=O) groups is 1. The molecule has 0 aliphatic heterocycles. The largest absolute Gasteiger partial charge is 0.492 e. The first-order valence-electron chi connectivity index (χ1n) is 6.89. The number of rotatable bonds is 6. The number of aromatic amines is 1. The first kappa shape index (κ1) is 17.0. The van der Waals surface area contributed by atoms with E-state index in [0.29, 0.717) is 23.3 Å². The fourth-order valence-corrected chi connectivity index (χ4v) is 3.04. The second kappa shape index (κ2) is 7.78. The molecule has 0 saturated carbocycles. The van der Waals surface area contributed by atoms with Gasteiger partial charge >= 0.3 is 0 Å². The molecule has 2 N–H and O–H groups in total. The molecule has 1 amide bonds. The first-order chi connectivity index (χ1) is 10.5. The SMILES string of the molecule is CC(C)c1[nH]nc(C(=O)NCCOc2cccc(Br)c2)c1Br. The Kier molecular flexibility index (Phi) is 6.02. The van der Waals surface area contributed by atoms with Crippen LogP contribution in [0, 0.1) is 0 Å². The van der Waals surface area contributed by atoms with E-state index in [1.54, 1.807) is 0 Å². The quantitative estimate of drug-likeness (QED) is 0.683. The van der Waals surface area contributed by atoms with E-state index >= 15 is 0 Å². The van der Waals surface area contributed by atoms with E-state index in [0.717, 1.165) is 15.9 Å². The van der Waals surface area contributed by atoms with Gasteiger partial charge in [0.1, 0.15) is 12.4 Å². The molecule has 0 aliphatic rings. The number of amides is 1. The minimum absolute atomic E-state index is 0.229. The molecular formula is C15H17Br2N3O2. The smallest absolute Gasteiger partial charge is 0.273 e. The number of H-pyrrole nitrogens is 1. The van der Waals surface area contributed by atoms with Crippen LogP contribution in [0.2, 0.25) is 0 Å². The predicted molar refractivity (Wildman–Crippen MR) is 92.3 cm³/mol. The number of benzene rings is 1. The number of nitrogens with one attached hydrogen (secondary N) is 2. The van der Waals surface area contributed by atoms with Crippen molar-refractivity contribution in [3.05, 3.63) is 44.6 Å². The molecule has 7 heteroatoms. The van der Waals surface area contributed by atoms with E-state index in [1.807, 2.05) is 38.1 Å². The summed E-state index contributed by atoms with van der Waals surface area (Å²) in [4.78, 5) is 12.1. The van der Waals surface area contributed by atoms with Crippen molar-refractivity contribution < 1.29 is 9.53 Å². The standard InChI is InChI=1S/C15H17Br2N3O2/c1-9(2)13-12(17)14(20-19-13)15(21)18-6-7-22-11-5-3-4-10(16)8-11/h3-5,8-9H,6-7H2,1-2H3,(H,18,21)(H,19,20). The Morgan fingerprint density at radius 1 is 1.41 bits per heavy atom. The van der Waals surface area contributed by atoms with Crippen molar-refractivity contribution in [2.24, 2.45) is 0 Å². The van der Waals surface area contributed by atoms with Gasteiger partial charge in [-0.25, -0.2) is 0 Å². The monoisotopic (exact) mass is 429 g/mol. The molecule has 2 aromatic rings. The molecule has 0 fully saturated rings. The van der Waals surface area contributed by atoms with Gasteiger partial charge in [-0.2, -0.15) is 5.10 Å². The first-order valence-corrected chi connectivity index (χ1v) is 8.48. The van der Waals surface area contributed by atoms with Crippen LogP contribution in [0.5, 0.6) is 5.75 Å². The van der Waals surface area contributed by atoms with Gasteiger partial charge < -0.3 is 10.1 Å². The minimum Gasteiger partial charge on any atom is -0.492 e. The van der Waals surface area contributed by atoms with Gasteiger partial charge in [0, 0.05) is 4.47 Å². The fraction of sp³-hybridized carbons (Fsp3) is 0.333. The van der Waals surface area contributed by atoms with Crippen LogP contribution >= 0.6 is 31.9 Å². The Labute approximate surface area is 146 Å². The lowest BCUT2D eigenvalue weighted by Gasteiger charge is -2.07. The van der Waals surface area contributed by atoms with Crippen LogP contribution < -0.4 is 10.1 Å². The summed E-state index contributed by atoms with van der Waals surface area (Å²) in [5.41, 5.74) is 1.28. The lowest BCUT2D eigenvalue weighted by atomic mass is 10.1. The molecule has 5 nitrogen and oxygen atoms in total. The summed E-state index contributed by atoms with van der Waals surface area (Å²) < 4.78 is 7.23. The van der Waals surface area contributed by atoms with E-state index in [2.05, 4.69) is 47.4 Å². The summed E-state index contributed by atoms with van der Waals surface area (Å²) in [5.74, 6) is 0.794. The normalized spacial score (nSPS) is 10.8. The Morgan fingerprint density at radius 3 is 2.82 bits per heavy atom. The summed E-state index contributed by atoms with van der Waals surface area (Å²) in [6.07, 6.45) is 0. The average molecular weight is 431 g/mol. The molecule has 0 radical (unpaired) electrons. The highest BCUT2D eigenvalue weighted by atomic mass is 79.9. The van der Waals surface area contributed by atoms with E-state index in [1.165, 1.54) is 0 Å². The number of carbonyl (C=O) groups excluding carboxylic acids is 1. The van der Waals surface area contributed by atoms with Crippen LogP contribution in [-0.4, -0.2) is 29.3 Å². The maximum atomic E-state index is 12.1. The van der Waals surface area contributed by atoms with E-state index < -0.39 is 0 Å². The van der Waals surface area contributed by atoms with E-state index in [9.17, 15) is 4.79 Å². The summed E-state index contributed by atoms with van der Waals surface area (Å²) in [5, 5.41) is 9.73. The third kappa shape index (κ3) is 4.33. The van der Waals surface area contributed by atoms with Crippen molar-refractivity contribution in [2.75, 3.05) is 13.2 Å². The zero-order valence-electron chi connectivity index (χ0n) is 12.3. The van der Waals surface area contributed by atoms with Gasteiger partial charge in [-0.05, 0) is 40.0 Å². The van der Waals surface area contributed by atoms with Gasteiger partial charge in [0.25, 0.3) is 5.91 Å². The fourth-order valence-electron chi connectivity index (χ4n) is 1.85. The van der Waals surface area contributed by atoms with Gasteiger partial charge in [0.05, 0.1) is 16.7 Å². The lowest BCUT2D eigenvalue weighted by Crippen LogP contribution is -2.28. The second-order valence-corrected chi connectivity index (χ2v) is 6.72. The van der Waals surface area contributed by atoms with Crippen LogP contribution in [0.4, 0.5) is 0 Å². The van der Waals surface area contributed by atoms with Crippen molar-refractivity contribution in [1.82, 2.24) is 15.5 Å². The Bertz CT molecular complexity index is 656. The van der Waals surface area contributed by atoms with Crippen LogP contribution in [0.15, 0.2) is 33.2 Å². The van der Waals surface area contributed by atoms with Gasteiger partial charge in [0.15, 0.2) is 5.69 Å². The van der Waals surface area contributed by atoms with Gasteiger partial charge in [-0.3, -0.25) is 9.89 Å². The molecule has 0 spiro atoms. The minimum atomic E-state index is -0.229. The van der Waals surface area contributed by atoms with Crippen molar-refractivity contribution in [3.8, 4) is 5.75 Å². The molecule has 22 heavy (non-hydrogen) atoms. The van der Waals surface area contributed by atoms with Crippen molar-refractivity contribution in [1.29, 1.82) is 0 Å². The van der Waals surface area contributed by atoms with E-state index in [4.69, 9.17) is 4.74 Å². The zero-order valence-corrected chi connectivity index (χ0v) is 15.5. The zero-order chi connectivity index (χ0) is 16.1. The maximum absolute atomic E-state index is 12.1. The number of hydrogen-bond acceptors (Lipinski definition) is 3. The summed E-state index contributed by atoms with van der Waals surface area (Å²) in [6, 6.07) is 7.56. The van der Waals surface area contributed by atoms with Gasteiger partial charge in [-0.1, -0.05) is 35.8 Å². The number of nitrogens with zero attached hydrogens (tertiary/aromatic N) is 1. The summed E-state index contributed by atoms with van der Waals surface area (Å²) in [7, 11) is 0. The van der Waals surface area contributed by atoms with Crippen molar-refractivity contribution in [2.45, 2.75) is 19.8 Å². The molecule has 118 valence electrons. The van der Waals surface area contributed by atoms with Crippen LogP contribution in [-0.2, 0) is 0 Å². The molecule has 0 atom stereocenters. The topological polar surface area (TPSA) is 67.0 Å². The van der Waals surface area contributed by atoms with Crippen molar-refractivity contribution >= 4 is 37.8 Å². The van der Waals surface area contributed by atoms with Crippen molar-refractivity contribution in [3.63, 3.8) is 0 Å². The number of halogens is 2. The highest BCUT2D eigenvalue weighted by molar-refractivity contribution is 9.10. The molecule has 1 heterocycles. The third-order valence-electron chi connectivity index (χ3n) is 2.98. The van der Waals surface area contributed by atoms with E-state index in [-0.39, 0.29) is 11.8 Å². The molecule has 0 bridgehead atoms. The number of ether oxygens (including phenoxy) is 1.